The van der Waals surface area contributed by atoms with Gasteiger partial charge in [0.15, 0.2) is 0 Å². The lowest BCUT2D eigenvalue weighted by atomic mass is 9.98. The zero-order chi connectivity index (χ0) is 14.1. The number of thiazole rings is 1. The first-order valence-electron chi connectivity index (χ1n) is 8.17. The fraction of sp³-hybridized carbons (Fsp3) is 0.588. The number of nitrogens with one attached hydrogen (secondary N) is 1. The van der Waals surface area contributed by atoms with Gasteiger partial charge in [0.25, 0.3) is 0 Å². The highest BCUT2D eigenvalue weighted by molar-refractivity contribution is 7.18. The van der Waals surface area contributed by atoms with Crippen LogP contribution < -0.4 is 5.32 Å². The van der Waals surface area contributed by atoms with Gasteiger partial charge in [-0.1, -0.05) is 12.1 Å². The van der Waals surface area contributed by atoms with Crippen molar-refractivity contribution in [2.45, 2.75) is 38.3 Å². The minimum absolute atomic E-state index is 0.828. The fourth-order valence-electron chi connectivity index (χ4n) is 3.26. The Balaban J connectivity index is 1.36. The summed E-state index contributed by atoms with van der Waals surface area (Å²) >= 11 is 1.85. The second-order valence-corrected chi connectivity index (χ2v) is 7.62. The van der Waals surface area contributed by atoms with E-state index in [-0.39, 0.29) is 0 Å². The number of likely N-dealkylation sites (tertiary alicyclic amines) is 1. The third kappa shape index (κ3) is 3.44. The van der Waals surface area contributed by atoms with Crippen molar-refractivity contribution in [2.24, 2.45) is 5.92 Å². The van der Waals surface area contributed by atoms with Crippen LogP contribution in [0.2, 0.25) is 0 Å². The summed E-state index contributed by atoms with van der Waals surface area (Å²) in [6, 6.07) is 9.31. The zero-order valence-electron chi connectivity index (χ0n) is 12.4. The van der Waals surface area contributed by atoms with Crippen LogP contribution in [0, 0.1) is 5.92 Å². The van der Waals surface area contributed by atoms with E-state index in [0.29, 0.717) is 0 Å². The maximum atomic E-state index is 4.78. The molecule has 4 heteroatoms. The Labute approximate surface area is 130 Å². The number of nitrogens with zero attached hydrogens (tertiary/aromatic N) is 2. The van der Waals surface area contributed by atoms with Crippen molar-refractivity contribution in [3.05, 3.63) is 29.3 Å². The Morgan fingerprint density at radius 1 is 1.24 bits per heavy atom. The second kappa shape index (κ2) is 6.03. The molecule has 2 aliphatic rings. The molecule has 3 nitrogen and oxygen atoms in total. The van der Waals surface area contributed by atoms with Gasteiger partial charge in [-0.15, -0.1) is 11.3 Å². The van der Waals surface area contributed by atoms with Gasteiger partial charge in [0, 0.05) is 12.6 Å². The fourth-order valence-corrected chi connectivity index (χ4v) is 4.27. The van der Waals surface area contributed by atoms with Gasteiger partial charge in [0.05, 0.1) is 16.8 Å². The molecule has 1 saturated heterocycles. The molecule has 2 heterocycles. The van der Waals surface area contributed by atoms with Crippen LogP contribution in [-0.2, 0) is 6.54 Å². The molecule has 0 amide bonds. The molecule has 1 aromatic carbocycles. The predicted octanol–water partition coefficient (Wildman–Crippen LogP) is 3.26. The van der Waals surface area contributed by atoms with Crippen molar-refractivity contribution >= 4 is 21.6 Å². The average molecular weight is 301 g/mol. The van der Waals surface area contributed by atoms with Crippen LogP contribution in [0.5, 0.6) is 0 Å². The molecular weight excluding hydrogens is 278 g/mol. The lowest BCUT2D eigenvalue weighted by Crippen LogP contribution is -2.39. The van der Waals surface area contributed by atoms with E-state index in [1.165, 1.54) is 55.0 Å². The zero-order valence-corrected chi connectivity index (χ0v) is 13.2. The standard InChI is InChI=1S/C17H23N3S/c1-2-6-16-15(5-1)19-17(21-16)12-20-9-3-4-13(11-20)10-18-14-7-8-14/h1-2,5-6,13-14,18H,3-4,7-12H2. The summed E-state index contributed by atoms with van der Waals surface area (Å²) < 4.78 is 1.32. The molecule has 1 aliphatic carbocycles. The number of hydrogen-bond acceptors (Lipinski definition) is 4. The minimum Gasteiger partial charge on any atom is -0.314 e. The lowest BCUT2D eigenvalue weighted by molar-refractivity contribution is 0.165. The number of hydrogen-bond donors (Lipinski definition) is 1. The summed E-state index contributed by atoms with van der Waals surface area (Å²) in [5.41, 5.74) is 1.15. The van der Waals surface area contributed by atoms with Crippen LogP contribution in [-0.4, -0.2) is 35.6 Å². The Morgan fingerprint density at radius 2 is 2.14 bits per heavy atom. The molecule has 21 heavy (non-hydrogen) atoms. The van der Waals surface area contributed by atoms with Crippen LogP contribution in [0.1, 0.15) is 30.7 Å². The second-order valence-electron chi connectivity index (χ2n) is 6.50. The molecule has 1 aromatic heterocycles. The molecule has 0 bridgehead atoms. The molecule has 112 valence electrons. The van der Waals surface area contributed by atoms with Crippen LogP contribution in [0.15, 0.2) is 24.3 Å². The number of piperidine rings is 1. The molecule has 1 saturated carbocycles. The molecule has 4 rings (SSSR count). The van der Waals surface area contributed by atoms with Crippen molar-refractivity contribution in [1.29, 1.82) is 0 Å². The summed E-state index contributed by atoms with van der Waals surface area (Å²) in [7, 11) is 0. The van der Waals surface area contributed by atoms with Crippen LogP contribution in [0.4, 0.5) is 0 Å². The Hall–Kier alpha value is -0.970. The van der Waals surface area contributed by atoms with E-state index >= 15 is 0 Å². The topological polar surface area (TPSA) is 28.2 Å². The quantitative estimate of drug-likeness (QED) is 0.919. The summed E-state index contributed by atoms with van der Waals surface area (Å²) in [5, 5.41) is 4.96. The number of aromatic nitrogens is 1. The van der Waals surface area contributed by atoms with Crippen LogP contribution in [0.3, 0.4) is 0 Å². The van der Waals surface area contributed by atoms with E-state index < -0.39 is 0 Å². The highest BCUT2D eigenvalue weighted by atomic mass is 32.1. The Bertz CT molecular complexity index is 572. The summed E-state index contributed by atoms with van der Waals surface area (Å²) in [6.07, 6.45) is 5.50. The van der Waals surface area contributed by atoms with Gasteiger partial charge < -0.3 is 5.32 Å². The van der Waals surface area contributed by atoms with Crippen LogP contribution in [0.25, 0.3) is 10.2 Å². The first-order chi connectivity index (χ1) is 10.4. The molecule has 1 atom stereocenters. The molecule has 1 unspecified atom stereocenters. The van der Waals surface area contributed by atoms with Gasteiger partial charge in [0.2, 0.25) is 0 Å². The third-order valence-electron chi connectivity index (χ3n) is 4.57. The van der Waals surface area contributed by atoms with Crippen molar-refractivity contribution in [2.75, 3.05) is 19.6 Å². The van der Waals surface area contributed by atoms with Gasteiger partial charge in [-0.25, -0.2) is 4.98 Å². The largest absolute Gasteiger partial charge is 0.314 e. The maximum Gasteiger partial charge on any atom is 0.108 e. The monoisotopic (exact) mass is 301 g/mol. The first-order valence-corrected chi connectivity index (χ1v) is 8.99. The molecule has 0 radical (unpaired) electrons. The first kappa shape index (κ1) is 13.7. The molecule has 0 spiro atoms. The van der Waals surface area contributed by atoms with E-state index in [0.717, 1.165) is 24.0 Å². The van der Waals surface area contributed by atoms with Gasteiger partial charge in [-0.05, 0) is 56.8 Å². The summed E-state index contributed by atoms with van der Waals surface area (Å²) in [5.74, 6) is 0.828. The number of benzene rings is 1. The molecular formula is C17H23N3S. The summed E-state index contributed by atoms with van der Waals surface area (Å²) in [4.78, 5) is 7.37. The normalized spacial score (nSPS) is 23.7. The highest BCUT2D eigenvalue weighted by Gasteiger charge is 2.25. The Kier molecular flexibility index (Phi) is 3.93. The van der Waals surface area contributed by atoms with Crippen LogP contribution >= 0.6 is 11.3 Å². The van der Waals surface area contributed by atoms with Crippen molar-refractivity contribution in [1.82, 2.24) is 15.2 Å². The predicted molar refractivity (Wildman–Crippen MR) is 88.6 cm³/mol. The van der Waals surface area contributed by atoms with E-state index in [1.54, 1.807) is 0 Å². The SMILES string of the molecule is c1ccc2sc(CN3CCCC(CNC4CC4)C3)nc2c1. The van der Waals surface area contributed by atoms with E-state index in [9.17, 15) is 0 Å². The highest BCUT2D eigenvalue weighted by Crippen LogP contribution is 2.25. The average Bonchev–Trinajstić information content (AvgIpc) is 3.24. The van der Waals surface area contributed by atoms with E-state index in [4.69, 9.17) is 4.98 Å². The lowest BCUT2D eigenvalue weighted by Gasteiger charge is -2.32. The van der Waals surface area contributed by atoms with Gasteiger partial charge in [0.1, 0.15) is 5.01 Å². The minimum atomic E-state index is 0.828. The molecule has 2 fully saturated rings. The molecule has 1 N–H and O–H groups in total. The van der Waals surface area contributed by atoms with E-state index in [1.807, 2.05) is 11.3 Å². The van der Waals surface area contributed by atoms with Gasteiger partial charge in [-0.2, -0.15) is 0 Å². The van der Waals surface area contributed by atoms with Crippen molar-refractivity contribution in [3.63, 3.8) is 0 Å². The molecule has 2 aromatic rings. The summed E-state index contributed by atoms with van der Waals surface area (Å²) in [6.45, 7) is 4.70. The van der Waals surface area contributed by atoms with Gasteiger partial charge >= 0.3 is 0 Å². The van der Waals surface area contributed by atoms with Crippen molar-refractivity contribution < 1.29 is 0 Å². The number of para-hydroxylation sites is 1. The van der Waals surface area contributed by atoms with Crippen molar-refractivity contribution in [3.8, 4) is 0 Å². The number of rotatable bonds is 5. The smallest absolute Gasteiger partial charge is 0.108 e. The van der Waals surface area contributed by atoms with E-state index in [2.05, 4.69) is 34.5 Å². The third-order valence-corrected chi connectivity index (χ3v) is 5.59. The van der Waals surface area contributed by atoms with Gasteiger partial charge in [-0.3, -0.25) is 4.90 Å². The maximum absolute atomic E-state index is 4.78. The number of fused-ring (bicyclic) bond motifs is 1. The molecule has 1 aliphatic heterocycles. The Morgan fingerprint density at radius 3 is 3.00 bits per heavy atom.